The fourth-order valence-electron chi connectivity index (χ4n) is 3.17. The van der Waals surface area contributed by atoms with E-state index in [-0.39, 0.29) is 0 Å². The van der Waals surface area contributed by atoms with Gasteiger partial charge in [-0.1, -0.05) is 74.5 Å². The highest BCUT2D eigenvalue weighted by Gasteiger charge is 2.14. The van der Waals surface area contributed by atoms with Gasteiger partial charge in [0.25, 0.3) is 0 Å². The fraction of sp³-hybridized carbons (Fsp3) is 0.217. The molecule has 2 nitrogen and oxygen atoms in total. The number of hydrogen-bond donors (Lipinski definition) is 1. The molecule has 0 aliphatic carbocycles. The van der Waals surface area contributed by atoms with Gasteiger partial charge in [-0.2, -0.15) is 0 Å². The Hall–Kier alpha value is -2.58. The van der Waals surface area contributed by atoms with E-state index in [0.717, 1.165) is 41.9 Å². The van der Waals surface area contributed by atoms with Crippen molar-refractivity contribution in [2.75, 3.05) is 13.1 Å². The summed E-state index contributed by atoms with van der Waals surface area (Å²) in [6, 6.07) is 24.5. The first kappa shape index (κ1) is 17.2. The summed E-state index contributed by atoms with van der Waals surface area (Å²) < 4.78 is 0. The molecule has 0 aromatic heterocycles. The summed E-state index contributed by atoms with van der Waals surface area (Å²) >= 11 is 0. The maximum absolute atomic E-state index is 11.0. The van der Waals surface area contributed by atoms with Crippen molar-refractivity contribution in [3.05, 3.63) is 78.4 Å². The summed E-state index contributed by atoms with van der Waals surface area (Å²) in [5, 5.41) is 11.0. The highest BCUT2D eigenvalue weighted by molar-refractivity contribution is 5.82. The summed E-state index contributed by atoms with van der Waals surface area (Å²) in [5.74, 6) is 0.348. The Balaban J connectivity index is 2.14. The molecule has 128 valence electrons. The minimum Gasteiger partial charge on any atom is -0.507 e. The fourth-order valence-corrected chi connectivity index (χ4v) is 3.17. The van der Waals surface area contributed by atoms with Crippen LogP contribution in [-0.2, 0) is 6.54 Å². The van der Waals surface area contributed by atoms with E-state index in [1.165, 1.54) is 5.56 Å². The van der Waals surface area contributed by atoms with E-state index in [9.17, 15) is 5.11 Å². The molecule has 3 aromatic rings. The monoisotopic (exact) mass is 331 g/mol. The van der Waals surface area contributed by atoms with Crippen LogP contribution in [0, 0.1) is 0 Å². The molecule has 25 heavy (non-hydrogen) atoms. The Morgan fingerprint density at radius 2 is 1.16 bits per heavy atom. The smallest absolute Gasteiger partial charge is 0.131 e. The second kappa shape index (κ2) is 8.00. The first-order valence-corrected chi connectivity index (χ1v) is 8.92. The van der Waals surface area contributed by atoms with Crippen LogP contribution in [0.4, 0.5) is 0 Å². The molecular formula is C23H25NO. The number of aromatic hydroxyl groups is 1. The zero-order valence-electron chi connectivity index (χ0n) is 14.9. The van der Waals surface area contributed by atoms with Crippen molar-refractivity contribution in [1.29, 1.82) is 0 Å². The van der Waals surface area contributed by atoms with Crippen LogP contribution in [0.1, 0.15) is 19.4 Å². The number of hydrogen-bond acceptors (Lipinski definition) is 2. The van der Waals surface area contributed by atoms with E-state index in [1.807, 2.05) is 60.7 Å². The van der Waals surface area contributed by atoms with Crippen LogP contribution >= 0.6 is 0 Å². The van der Waals surface area contributed by atoms with Gasteiger partial charge in [-0.05, 0) is 41.9 Å². The molecule has 1 N–H and O–H groups in total. The summed E-state index contributed by atoms with van der Waals surface area (Å²) in [6.07, 6.45) is 0. The molecule has 0 unspecified atom stereocenters. The van der Waals surface area contributed by atoms with E-state index < -0.39 is 0 Å². The molecule has 0 saturated heterocycles. The predicted molar refractivity (Wildman–Crippen MR) is 106 cm³/mol. The van der Waals surface area contributed by atoms with Gasteiger partial charge in [0.05, 0.1) is 0 Å². The summed E-state index contributed by atoms with van der Waals surface area (Å²) in [6.45, 7) is 7.27. The predicted octanol–water partition coefficient (Wildman–Crippen LogP) is 5.57. The average molecular weight is 331 g/mol. The molecule has 0 saturated carbocycles. The average Bonchev–Trinajstić information content (AvgIpc) is 2.68. The summed E-state index contributed by atoms with van der Waals surface area (Å²) in [7, 11) is 0. The zero-order chi connectivity index (χ0) is 17.6. The molecule has 0 spiro atoms. The van der Waals surface area contributed by atoms with E-state index in [2.05, 4.69) is 30.9 Å². The molecule has 0 aliphatic heterocycles. The molecular weight excluding hydrogens is 306 g/mol. The lowest BCUT2D eigenvalue weighted by Gasteiger charge is -2.20. The van der Waals surface area contributed by atoms with E-state index >= 15 is 0 Å². The van der Waals surface area contributed by atoms with Crippen LogP contribution in [-0.4, -0.2) is 23.1 Å². The van der Waals surface area contributed by atoms with Crippen molar-refractivity contribution < 1.29 is 5.11 Å². The number of phenols is 1. The Bertz CT molecular complexity index is 748. The minimum atomic E-state index is 0.348. The highest BCUT2D eigenvalue weighted by atomic mass is 16.3. The lowest BCUT2D eigenvalue weighted by molar-refractivity contribution is 0.296. The van der Waals surface area contributed by atoms with Gasteiger partial charge in [0.15, 0.2) is 0 Å². The van der Waals surface area contributed by atoms with Crippen LogP contribution in [0.5, 0.6) is 5.75 Å². The third-order valence-electron chi connectivity index (χ3n) is 4.64. The Kier molecular flexibility index (Phi) is 5.52. The van der Waals surface area contributed by atoms with E-state index in [1.54, 1.807) is 0 Å². The van der Waals surface area contributed by atoms with Gasteiger partial charge in [-0.3, -0.25) is 4.90 Å². The van der Waals surface area contributed by atoms with Gasteiger partial charge >= 0.3 is 0 Å². The van der Waals surface area contributed by atoms with Gasteiger partial charge in [-0.15, -0.1) is 0 Å². The normalized spacial score (nSPS) is 11.0. The van der Waals surface area contributed by atoms with Crippen molar-refractivity contribution in [3.8, 4) is 28.0 Å². The molecule has 3 aromatic carbocycles. The van der Waals surface area contributed by atoms with Crippen molar-refractivity contribution in [1.82, 2.24) is 4.90 Å². The second-order valence-electron chi connectivity index (χ2n) is 6.23. The third-order valence-corrected chi connectivity index (χ3v) is 4.64. The Labute approximate surface area is 150 Å². The number of rotatable bonds is 6. The summed E-state index contributed by atoms with van der Waals surface area (Å²) in [4.78, 5) is 2.38. The maximum atomic E-state index is 11.0. The molecule has 0 heterocycles. The van der Waals surface area contributed by atoms with Crippen LogP contribution in [0.3, 0.4) is 0 Å². The molecule has 0 fully saturated rings. The quantitative estimate of drug-likeness (QED) is 0.638. The Morgan fingerprint density at radius 3 is 1.56 bits per heavy atom. The summed E-state index contributed by atoms with van der Waals surface area (Å²) in [5.41, 5.74) is 5.09. The second-order valence-corrected chi connectivity index (χ2v) is 6.23. The molecule has 0 radical (unpaired) electrons. The van der Waals surface area contributed by atoms with Crippen LogP contribution in [0.25, 0.3) is 22.3 Å². The van der Waals surface area contributed by atoms with Crippen molar-refractivity contribution >= 4 is 0 Å². The molecule has 0 atom stereocenters. The molecule has 2 heteroatoms. The van der Waals surface area contributed by atoms with Gasteiger partial charge < -0.3 is 5.11 Å². The number of benzene rings is 3. The minimum absolute atomic E-state index is 0.348. The standard InChI is InChI=1S/C23H25NO/c1-3-24(4-2)17-18-15-21(19-11-7-5-8-12-19)23(25)22(16-18)20-13-9-6-10-14-20/h5-16,25H,3-4,17H2,1-2H3. The molecule has 0 aliphatic rings. The van der Waals surface area contributed by atoms with Crippen molar-refractivity contribution in [2.45, 2.75) is 20.4 Å². The molecule has 0 amide bonds. The van der Waals surface area contributed by atoms with E-state index in [4.69, 9.17) is 0 Å². The highest BCUT2D eigenvalue weighted by Crippen LogP contribution is 2.39. The van der Waals surface area contributed by atoms with Gasteiger partial charge in [0, 0.05) is 17.7 Å². The Morgan fingerprint density at radius 1 is 0.720 bits per heavy atom. The van der Waals surface area contributed by atoms with Crippen LogP contribution in [0.15, 0.2) is 72.8 Å². The molecule has 3 rings (SSSR count). The van der Waals surface area contributed by atoms with Gasteiger partial charge in [0.1, 0.15) is 5.75 Å². The third kappa shape index (κ3) is 3.92. The number of phenolic OH excluding ortho intramolecular Hbond substituents is 1. The van der Waals surface area contributed by atoms with E-state index in [0.29, 0.717) is 5.75 Å². The van der Waals surface area contributed by atoms with Gasteiger partial charge in [-0.25, -0.2) is 0 Å². The zero-order valence-corrected chi connectivity index (χ0v) is 14.9. The lowest BCUT2D eigenvalue weighted by Crippen LogP contribution is -2.22. The molecule has 0 bridgehead atoms. The first-order valence-electron chi connectivity index (χ1n) is 8.92. The first-order chi connectivity index (χ1) is 12.2. The number of nitrogens with zero attached hydrogens (tertiary/aromatic N) is 1. The van der Waals surface area contributed by atoms with Crippen molar-refractivity contribution in [2.24, 2.45) is 0 Å². The SMILES string of the molecule is CCN(CC)Cc1cc(-c2ccccc2)c(O)c(-c2ccccc2)c1. The van der Waals surface area contributed by atoms with Crippen LogP contribution < -0.4 is 0 Å². The largest absolute Gasteiger partial charge is 0.507 e. The lowest BCUT2D eigenvalue weighted by atomic mass is 9.94. The topological polar surface area (TPSA) is 23.5 Å². The van der Waals surface area contributed by atoms with Crippen molar-refractivity contribution in [3.63, 3.8) is 0 Å². The maximum Gasteiger partial charge on any atom is 0.131 e. The van der Waals surface area contributed by atoms with Gasteiger partial charge in [0.2, 0.25) is 0 Å². The van der Waals surface area contributed by atoms with Crippen LogP contribution in [0.2, 0.25) is 0 Å².